The molecule has 0 unspecified atom stereocenters. The van der Waals surface area contributed by atoms with Crippen LogP contribution < -0.4 is 0 Å². The summed E-state index contributed by atoms with van der Waals surface area (Å²) < 4.78 is 55.9. The molecule has 0 aliphatic rings. The molecule has 3 aromatic heterocycles. The van der Waals surface area contributed by atoms with Crippen LogP contribution >= 0.6 is 11.3 Å². The standard InChI is InChI=1S/C51H32N4S/c1-4-16-33(17-5-1)36-22-14-23-37(30-36)39-26-15-27-42-43-31-38(55-45-28-12-10-24-40(45)41-25-11-13-29-46(41)55)32-44(48(43)56-47(39)42)51-53-49(34-18-6-2-7-19-34)52-50(54-51)35-20-8-3-9-21-35/h1-32H/i2D,6D,7D,12D,18D,19D. The molecular weight excluding hydrogens is 701 g/mol. The Balaban J connectivity index is 1.25. The van der Waals surface area contributed by atoms with Crippen LogP contribution in [0.25, 0.3) is 104 Å². The maximum Gasteiger partial charge on any atom is 0.165 e. The molecule has 8 aromatic carbocycles. The summed E-state index contributed by atoms with van der Waals surface area (Å²) in [6, 6.07) is 51.0. The zero-order valence-corrected chi connectivity index (χ0v) is 30.5. The van der Waals surface area contributed by atoms with E-state index in [2.05, 4.69) is 83.4 Å². The summed E-state index contributed by atoms with van der Waals surface area (Å²) >= 11 is 1.64. The van der Waals surface area contributed by atoms with Crippen LogP contribution in [-0.4, -0.2) is 19.5 Å². The molecular formula is C51H32N4S. The van der Waals surface area contributed by atoms with Crippen LogP contribution in [0.15, 0.2) is 194 Å². The van der Waals surface area contributed by atoms with E-state index in [1.165, 1.54) is 0 Å². The summed E-state index contributed by atoms with van der Waals surface area (Å²) in [5, 5.41) is 4.08. The Kier molecular flexibility index (Phi) is 6.29. The van der Waals surface area contributed by atoms with E-state index in [9.17, 15) is 0 Å². The number of benzene rings is 8. The normalized spacial score (nSPS) is 13.1. The predicted octanol–water partition coefficient (Wildman–Crippen LogP) is 13.7. The van der Waals surface area contributed by atoms with Crippen LogP contribution in [0.4, 0.5) is 0 Å². The maximum atomic E-state index is 8.91. The van der Waals surface area contributed by atoms with Crippen LogP contribution in [-0.2, 0) is 0 Å². The van der Waals surface area contributed by atoms with E-state index in [0.717, 1.165) is 69.9 Å². The fourth-order valence-corrected chi connectivity index (χ4v) is 9.06. The van der Waals surface area contributed by atoms with Crippen molar-refractivity contribution >= 4 is 53.3 Å². The van der Waals surface area contributed by atoms with E-state index in [1.807, 2.05) is 78.9 Å². The van der Waals surface area contributed by atoms with Gasteiger partial charge in [0, 0.05) is 53.3 Å². The Bertz CT molecular complexity index is 3580. The second kappa shape index (κ2) is 13.3. The van der Waals surface area contributed by atoms with Crippen molar-refractivity contribution in [3.8, 4) is 62.1 Å². The second-order valence-electron chi connectivity index (χ2n) is 13.6. The lowest BCUT2D eigenvalue weighted by Gasteiger charge is -2.13. The van der Waals surface area contributed by atoms with E-state index >= 15 is 0 Å². The first-order valence-corrected chi connectivity index (χ1v) is 19.1. The summed E-state index contributed by atoms with van der Waals surface area (Å²) in [6.07, 6.45) is 0. The zero-order valence-electron chi connectivity index (χ0n) is 35.7. The van der Waals surface area contributed by atoms with Gasteiger partial charge >= 0.3 is 0 Å². The van der Waals surface area contributed by atoms with Crippen LogP contribution in [0.2, 0.25) is 0 Å². The molecule has 0 atom stereocenters. The highest BCUT2D eigenvalue weighted by molar-refractivity contribution is 7.26. The van der Waals surface area contributed by atoms with Crippen LogP contribution in [0, 0.1) is 0 Å². The zero-order chi connectivity index (χ0) is 42.2. The molecule has 0 radical (unpaired) electrons. The molecule has 56 heavy (non-hydrogen) atoms. The first-order chi connectivity index (χ1) is 30.2. The van der Waals surface area contributed by atoms with Crippen molar-refractivity contribution in [2.24, 2.45) is 0 Å². The summed E-state index contributed by atoms with van der Waals surface area (Å²) in [4.78, 5) is 14.9. The highest BCUT2D eigenvalue weighted by Gasteiger charge is 2.21. The number of fused-ring (bicyclic) bond motifs is 6. The monoisotopic (exact) mass is 738 g/mol. The molecule has 0 saturated heterocycles. The van der Waals surface area contributed by atoms with Crippen molar-refractivity contribution in [1.29, 1.82) is 0 Å². The number of para-hydroxylation sites is 2. The Morgan fingerprint density at radius 3 is 1.82 bits per heavy atom. The van der Waals surface area contributed by atoms with Gasteiger partial charge in [0.15, 0.2) is 17.5 Å². The van der Waals surface area contributed by atoms with Gasteiger partial charge in [-0.15, -0.1) is 11.3 Å². The van der Waals surface area contributed by atoms with E-state index in [0.29, 0.717) is 23.0 Å². The summed E-state index contributed by atoms with van der Waals surface area (Å²) in [5.41, 5.74) is 8.32. The molecule has 5 heteroatoms. The van der Waals surface area contributed by atoms with Crippen molar-refractivity contribution in [1.82, 2.24) is 19.5 Å². The van der Waals surface area contributed by atoms with Crippen molar-refractivity contribution in [2.75, 3.05) is 0 Å². The van der Waals surface area contributed by atoms with Gasteiger partial charge < -0.3 is 4.57 Å². The Labute approximate surface area is 336 Å². The molecule has 262 valence electrons. The van der Waals surface area contributed by atoms with Gasteiger partial charge in [0.2, 0.25) is 0 Å². The van der Waals surface area contributed by atoms with Crippen LogP contribution in [0.5, 0.6) is 0 Å². The van der Waals surface area contributed by atoms with Crippen LogP contribution in [0.3, 0.4) is 0 Å². The number of hydrogen-bond donors (Lipinski definition) is 0. The van der Waals surface area contributed by atoms with Gasteiger partial charge in [0.1, 0.15) is 0 Å². The molecule has 11 rings (SSSR count). The minimum atomic E-state index is -0.492. The Morgan fingerprint density at radius 1 is 0.393 bits per heavy atom. The third kappa shape index (κ3) is 5.40. The quantitative estimate of drug-likeness (QED) is 0.171. The molecule has 0 saturated carbocycles. The van der Waals surface area contributed by atoms with Crippen molar-refractivity contribution in [2.45, 2.75) is 0 Å². The lowest BCUT2D eigenvalue weighted by molar-refractivity contribution is 1.07. The lowest BCUT2D eigenvalue weighted by atomic mass is 9.97. The highest BCUT2D eigenvalue weighted by Crippen LogP contribution is 2.46. The van der Waals surface area contributed by atoms with E-state index in [1.54, 1.807) is 11.3 Å². The minimum Gasteiger partial charge on any atom is -0.309 e. The first-order valence-electron chi connectivity index (χ1n) is 21.3. The van der Waals surface area contributed by atoms with Gasteiger partial charge in [-0.1, -0.05) is 164 Å². The maximum absolute atomic E-state index is 8.91. The largest absolute Gasteiger partial charge is 0.309 e. The fraction of sp³-hybridized carbons (Fsp3) is 0. The second-order valence-corrected chi connectivity index (χ2v) is 14.6. The van der Waals surface area contributed by atoms with Gasteiger partial charge in [0.05, 0.1) is 19.3 Å². The number of thiophene rings is 1. The first kappa shape index (κ1) is 26.5. The predicted molar refractivity (Wildman–Crippen MR) is 234 cm³/mol. The Morgan fingerprint density at radius 2 is 1.00 bits per heavy atom. The van der Waals surface area contributed by atoms with E-state index < -0.39 is 30.2 Å². The highest BCUT2D eigenvalue weighted by atomic mass is 32.1. The van der Waals surface area contributed by atoms with Gasteiger partial charge in [0.25, 0.3) is 0 Å². The fourth-order valence-electron chi connectivity index (χ4n) is 7.73. The molecule has 0 N–H and O–H groups in total. The number of rotatable bonds is 6. The van der Waals surface area contributed by atoms with Gasteiger partial charge in [-0.25, -0.2) is 15.0 Å². The lowest BCUT2D eigenvalue weighted by Crippen LogP contribution is -2.01. The van der Waals surface area contributed by atoms with Crippen molar-refractivity contribution in [3.05, 3.63) is 194 Å². The molecule has 0 amide bonds. The third-order valence-electron chi connectivity index (χ3n) is 10.3. The molecule has 0 spiro atoms. The molecule has 0 aliphatic carbocycles. The van der Waals surface area contributed by atoms with Crippen LogP contribution in [0.1, 0.15) is 8.22 Å². The van der Waals surface area contributed by atoms with Crippen molar-refractivity contribution in [3.63, 3.8) is 0 Å². The van der Waals surface area contributed by atoms with Gasteiger partial charge in [-0.05, 0) is 52.6 Å². The van der Waals surface area contributed by atoms with Crippen molar-refractivity contribution < 1.29 is 8.22 Å². The Hall–Kier alpha value is -7.21. The van der Waals surface area contributed by atoms with Gasteiger partial charge in [-0.2, -0.15) is 0 Å². The number of hydrogen-bond acceptors (Lipinski definition) is 4. The summed E-state index contributed by atoms with van der Waals surface area (Å²) in [5.74, 6) is 0.555. The third-order valence-corrected chi connectivity index (χ3v) is 11.6. The molecule has 4 nitrogen and oxygen atoms in total. The summed E-state index contributed by atoms with van der Waals surface area (Å²) in [6.45, 7) is 0. The smallest absolute Gasteiger partial charge is 0.165 e. The molecule has 0 bridgehead atoms. The van der Waals surface area contributed by atoms with E-state index in [4.69, 9.17) is 23.2 Å². The number of aromatic nitrogens is 4. The van der Waals surface area contributed by atoms with E-state index in [-0.39, 0.29) is 17.2 Å². The molecule has 11 aromatic rings. The average Bonchev–Trinajstić information content (AvgIpc) is 3.86. The molecule has 0 fully saturated rings. The SMILES string of the molecule is [2H]c1ccc2c3ccccc3n(-c3cc(-c4nc(-c5ccccc5)nc(-c5c([2H])c([2H])c([2H])c([2H])c5[2H])n4)c4sc5c(-c6cccc(-c7ccccc7)c6)cccc5c4c3)c2c1. The molecule has 0 aliphatic heterocycles. The van der Waals surface area contributed by atoms with Gasteiger partial charge in [-0.3, -0.25) is 0 Å². The average molecular weight is 739 g/mol. The minimum absolute atomic E-state index is 0.0281. The molecule has 3 heterocycles. The topological polar surface area (TPSA) is 43.6 Å². The number of nitrogens with zero attached hydrogens (tertiary/aromatic N) is 4. The summed E-state index contributed by atoms with van der Waals surface area (Å²) in [7, 11) is 0.